The van der Waals surface area contributed by atoms with Crippen molar-refractivity contribution < 1.29 is 27.8 Å². The lowest BCUT2D eigenvalue weighted by Crippen LogP contribution is -2.30. The lowest BCUT2D eigenvalue weighted by Gasteiger charge is -2.24. The van der Waals surface area contributed by atoms with Crippen molar-refractivity contribution in [3.05, 3.63) is 94.6 Å². The highest BCUT2D eigenvalue weighted by atomic mass is 35.5. The van der Waals surface area contributed by atoms with Gasteiger partial charge in [-0.3, -0.25) is 9.48 Å². The number of carbonyl (C=O) groups excluding carboxylic acids is 1. The van der Waals surface area contributed by atoms with Crippen LogP contribution in [0, 0.1) is 0 Å². The molecular weight excluding hydrogens is 495 g/mol. The number of hydrogen-bond donors (Lipinski definition) is 1. The van der Waals surface area contributed by atoms with E-state index in [1.54, 1.807) is 54.6 Å². The zero-order valence-electron chi connectivity index (χ0n) is 19.3. The van der Waals surface area contributed by atoms with E-state index in [2.05, 4.69) is 5.10 Å². The molecule has 1 heterocycles. The summed E-state index contributed by atoms with van der Waals surface area (Å²) < 4.78 is 45.5. The third-order valence-electron chi connectivity index (χ3n) is 5.55. The molecule has 0 spiro atoms. The number of anilines is 1. The van der Waals surface area contributed by atoms with Gasteiger partial charge in [-0.2, -0.15) is 18.3 Å². The summed E-state index contributed by atoms with van der Waals surface area (Å²) in [5.41, 5.74) is 0.581. The molecule has 4 rings (SSSR count). The van der Waals surface area contributed by atoms with Gasteiger partial charge in [-0.05, 0) is 54.1 Å². The molecule has 1 aromatic heterocycles. The number of phenols is 1. The lowest BCUT2D eigenvalue weighted by molar-refractivity contribution is -0.143. The second-order valence-electron chi connectivity index (χ2n) is 7.99. The number of methoxy groups -OCH3 is 1. The SMILES string of the molecule is COc1cccc(C(=O)N(Cc2ccc(Cl)cc2)c2ccc(-c3cc(C(F)(F)F)n(C)n3)c(O)c2)c1. The number of aromatic hydroxyl groups is 1. The molecule has 36 heavy (non-hydrogen) atoms. The minimum absolute atomic E-state index is 0.0442. The fourth-order valence-corrected chi connectivity index (χ4v) is 3.86. The molecule has 1 amide bonds. The van der Waals surface area contributed by atoms with E-state index in [-0.39, 0.29) is 29.5 Å². The molecular formula is C26H21ClF3N3O3. The number of rotatable bonds is 6. The Hall–Kier alpha value is -3.98. The zero-order chi connectivity index (χ0) is 26.0. The van der Waals surface area contributed by atoms with E-state index >= 15 is 0 Å². The summed E-state index contributed by atoms with van der Waals surface area (Å²) in [5.74, 6) is -0.187. The van der Waals surface area contributed by atoms with E-state index in [4.69, 9.17) is 16.3 Å². The number of amides is 1. The van der Waals surface area contributed by atoms with Crippen molar-refractivity contribution in [3.8, 4) is 22.8 Å². The fraction of sp³-hybridized carbons (Fsp3) is 0.154. The molecule has 1 N–H and O–H groups in total. The summed E-state index contributed by atoms with van der Waals surface area (Å²) in [6, 6.07) is 18.7. The number of hydrogen-bond acceptors (Lipinski definition) is 4. The van der Waals surface area contributed by atoms with Crippen LogP contribution in [-0.4, -0.2) is 27.9 Å². The van der Waals surface area contributed by atoms with E-state index in [1.165, 1.54) is 31.2 Å². The lowest BCUT2D eigenvalue weighted by atomic mass is 10.1. The maximum atomic E-state index is 13.5. The number of benzene rings is 3. The molecule has 0 saturated carbocycles. The number of alkyl halides is 3. The molecule has 0 bridgehead atoms. The smallest absolute Gasteiger partial charge is 0.433 e. The predicted molar refractivity (Wildman–Crippen MR) is 130 cm³/mol. The van der Waals surface area contributed by atoms with Gasteiger partial charge in [-0.15, -0.1) is 0 Å². The molecule has 0 aliphatic carbocycles. The maximum Gasteiger partial charge on any atom is 0.433 e. The van der Waals surface area contributed by atoms with Gasteiger partial charge in [0.25, 0.3) is 5.91 Å². The first kappa shape index (κ1) is 25.1. The molecule has 186 valence electrons. The Labute approximate surface area is 210 Å². The van der Waals surface area contributed by atoms with Crippen LogP contribution in [0.5, 0.6) is 11.5 Å². The van der Waals surface area contributed by atoms with Crippen LogP contribution in [0.1, 0.15) is 21.6 Å². The molecule has 0 aliphatic rings. The van der Waals surface area contributed by atoms with Crippen molar-refractivity contribution in [2.45, 2.75) is 12.7 Å². The summed E-state index contributed by atoms with van der Waals surface area (Å²) in [6.07, 6.45) is -4.59. The van der Waals surface area contributed by atoms with Crippen molar-refractivity contribution in [1.82, 2.24) is 9.78 Å². The Balaban J connectivity index is 1.74. The highest BCUT2D eigenvalue weighted by molar-refractivity contribution is 6.30. The van der Waals surface area contributed by atoms with Gasteiger partial charge in [0.2, 0.25) is 0 Å². The van der Waals surface area contributed by atoms with Gasteiger partial charge < -0.3 is 14.7 Å². The number of aromatic nitrogens is 2. The molecule has 0 unspecified atom stereocenters. The Kier molecular flexibility index (Phi) is 6.94. The second-order valence-corrected chi connectivity index (χ2v) is 8.42. The van der Waals surface area contributed by atoms with E-state index in [0.29, 0.717) is 26.7 Å². The first-order chi connectivity index (χ1) is 17.1. The van der Waals surface area contributed by atoms with Gasteiger partial charge in [-0.1, -0.05) is 29.8 Å². The highest BCUT2D eigenvalue weighted by Crippen LogP contribution is 2.37. The van der Waals surface area contributed by atoms with Crippen LogP contribution >= 0.6 is 11.6 Å². The van der Waals surface area contributed by atoms with Gasteiger partial charge in [0.05, 0.1) is 19.3 Å². The minimum atomic E-state index is -4.59. The molecule has 0 aliphatic heterocycles. The van der Waals surface area contributed by atoms with E-state index < -0.39 is 11.9 Å². The van der Waals surface area contributed by atoms with Crippen molar-refractivity contribution in [2.24, 2.45) is 7.05 Å². The molecule has 4 aromatic rings. The largest absolute Gasteiger partial charge is 0.507 e. The Morgan fingerprint density at radius 1 is 1.08 bits per heavy atom. The second kappa shape index (κ2) is 9.94. The average Bonchev–Trinajstić information content (AvgIpc) is 3.25. The number of halogens is 4. The molecule has 0 atom stereocenters. The van der Waals surface area contributed by atoms with Crippen LogP contribution in [-0.2, 0) is 19.8 Å². The van der Waals surface area contributed by atoms with Crippen LogP contribution in [0.15, 0.2) is 72.8 Å². The monoisotopic (exact) mass is 515 g/mol. The molecule has 3 aromatic carbocycles. The average molecular weight is 516 g/mol. The molecule has 0 saturated heterocycles. The number of carbonyl (C=O) groups is 1. The molecule has 0 fully saturated rings. The van der Waals surface area contributed by atoms with Crippen molar-refractivity contribution in [2.75, 3.05) is 12.0 Å². The van der Waals surface area contributed by atoms with E-state index in [0.717, 1.165) is 11.6 Å². The predicted octanol–water partition coefficient (Wildman–Crippen LogP) is 6.32. The van der Waals surface area contributed by atoms with Crippen LogP contribution < -0.4 is 9.64 Å². The normalized spacial score (nSPS) is 11.4. The van der Waals surface area contributed by atoms with E-state index in [9.17, 15) is 23.1 Å². The summed E-state index contributed by atoms with van der Waals surface area (Å²) in [6.45, 7) is 0.147. The summed E-state index contributed by atoms with van der Waals surface area (Å²) in [7, 11) is 2.67. The highest BCUT2D eigenvalue weighted by Gasteiger charge is 2.35. The van der Waals surface area contributed by atoms with Crippen LogP contribution in [0.2, 0.25) is 5.02 Å². The van der Waals surface area contributed by atoms with Gasteiger partial charge in [-0.25, -0.2) is 0 Å². The molecule has 6 nitrogen and oxygen atoms in total. The minimum Gasteiger partial charge on any atom is -0.507 e. The van der Waals surface area contributed by atoms with Gasteiger partial charge in [0.15, 0.2) is 0 Å². The van der Waals surface area contributed by atoms with Crippen molar-refractivity contribution in [1.29, 1.82) is 0 Å². The van der Waals surface area contributed by atoms with Crippen LogP contribution in [0.4, 0.5) is 18.9 Å². The first-order valence-corrected chi connectivity index (χ1v) is 11.1. The summed E-state index contributed by atoms with van der Waals surface area (Å²) in [5, 5.41) is 15.2. The standard InChI is InChI=1S/C26H21ClF3N3O3/c1-32-24(26(28,29)30)14-22(31-32)21-11-10-19(13-23(21)34)33(15-16-6-8-18(27)9-7-16)25(35)17-4-3-5-20(12-17)36-2/h3-14,34H,15H2,1-2H3. The van der Waals surface area contributed by atoms with Crippen molar-refractivity contribution in [3.63, 3.8) is 0 Å². The molecule has 0 radical (unpaired) electrons. The number of ether oxygens (including phenoxy) is 1. The number of phenolic OH excluding ortho intramolecular Hbond substituents is 1. The van der Waals surface area contributed by atoms with Gasteiger partial charge >= 0.3 is 6.18 Å². The maximum absolute atomic E-state index is 13.5. The van der Waals surface area contributed by atoms with Gasteiger partial charge in [0.1, 0.15) is 17.2 Å². The quantitative estimate of drug-likeness (QED) is 0.326. The number of aryl methyl sites for hydroxylation is 1. The van der Waals surface area contributed by atoms with Crippen LogP contribution in [0.3, 0.4) is 0 Å². The van der Waals surface area contributed by atoms with E-state index in [1.807, 2.05) is 0 Å². The summed E-state index contributed by atoms with van der Waals surface area (Å²) in [4.78, 5) is 15.0. The summed E-state index contributed by atoms with van der Waals surface area (Å²) >= 11 is 5.99. The molecule has 10 heteroatoms. The van der Waals surface area contributed by atoms with Crippen LogP contribution in [0.25, 0.3) is 11.3 Å². The Bertz CT molecular complexity index is 1400. The zero-order valence-corrected chi connectivity index (χ0v) is 20.0. The number of nitrogens with zero attached hydrogens (tertiary/aromatic N) is 3. The topological polar surface area (TPSA) is 67.6 Å². The Morgan fingerprint density at radius 2 is 1.81 bits per heavy atom. The van der Waals surface area contributed by atoms with Crippen molar-refractivity contribution >= 4 is 23.2 Å². The first-order valence-electron chi connectivity index (χ1n) is 10.7. The third kappa shape index (κ3) is 5.31. The third-order valence-corrected chi connectivity index (χ3v) is 5.81. The van der Waals surface area contributed by atoms with Gasteiger partial charge in [0, 0.05) is 35.0 Å². The Morgan fingerprint density at radius 3 is 2.42 bits per heavy atom. The fourth-order valence-electron chi connectivity index (χ4n) is 3.73.